The van der Waals surface area contributed by atoms with Gasteiger partial charge in [-0.3, -0.25) is 10.1 Å². The van der Waals surface area contributed by atoms with Crippen molar-refractivity contribution in [3.05, 3.63) is 0 Å². The fraction of sp³-hybridized carbons (Fsp3) is 0.857. The molecule has 0 amide bonds. The molecule has 0 aliphatic heterocycles. The zero-order valence-electron chi connectivity index (χ0n) is 6.26. The van der Waals surface area contributed by atoms with Crippen LogP contribution in [-0.2, 0) is 4.79 Å². The standard InChI is InChI=1S/C7H12N2O2/c8-7(3-4-7)9-6(1-2-6)5(10)11/h9H,1-4,8H2,(H,10,11). The number of hydrogen-bond donors (Lipinski definition) is 3. The van der Waals surface area contributed by atoms with Gasteiger partial charge >= 0.3 is 5.97 Å². The Kier molecular flexibility index (Phi) is 1.13. The molecule has 0 aromatic rings. The van der Waals surface area contributed by atoms with Crippen LogP contribution in [0.4, 0.5) is 0 Å². The van der Waals surface area contributed by atoms with E-state index in [1.54, 1.807) is 0 Å². The maximum atomic E-state index is 10.7. The Morgan fingerprint density at radius 3 is 2.18 bits per heavy atom. The van der Waals surface area contributed by atoms with Gasteiger partial charge in [-0.05, 0) is 25.7 Å². The average molecular weight is 156 g/mol. The number of aliphatic carboxylic acids is 1. The van der Waals surface area contributed by atoms with Gasteiger partial charge in [0, 0.05) is 0 Å². The van der Waals surface area contributed by atoms with Crippen molar-refractivity contribution in [3.8, 4) is 0 Å². The molecular formula is C7H12N2O2. The van der Waals surface area contributed by atoms with Gasteiger partial charge in [0.05, 0.1) is 5.66 Å². The maximum absolute atomic E-state index is 10.7. The van der Waals surface area contributed by atoms with Crippen LogP contribution in [0.1, 0.15) is 25.7 Å². The molecule has 0 spiro atoms. The highest BCUT2D eigenvalue weighted by Crippen LogP contribution is 2.42. The van der Waals surface area contributed by atoms with Crippen LogP contribution < -0.4 is 11.1 Å². The number of rotatable bonds is 3. The first-order valence-corrected chi connectivity index (χ1v) is 3.88. The summed E-state index contributed by atoms with van der Waals surface area (Å²) in [5.74, 6) is -0.755. The molecule has 0 aromatic heterocycles. The van der Waals surface area contributed by atoms with Crippen molar-refractivity contribution in [2.24, 2.45) is 5.73 Å². The molecule has 4 nitrogen and oxygen atoms in total. The Balaban J connectivity index is 1.99. The molecule has 2 aliphatic rings. The molecule has 4 heteroatoms. The van der Waals surface area contributed by atoms with Gasteiger partial charge in [0.2, 0.25) is 0 Å². The lowest BCUT2D eigenvalue weighted by Crippen LogP contribution is -2.51. The molecule has 0 bridgehead atoms. The van der Waals surface area contributed by atoms with Crippen molar-refractivity contribution in [2.45, 2.75) is 36.9 Å². The third-order valence-corrected chi connectivity index (χ3v) is 2.44. The number of nitrogens with two attached hydrogens (primary N) is 1. The van der Waals surface area contributed by atoms with Crippen LogP contribution in [-0.4, -0.2) is 22.3 Å². The van der Waals surface area contributed by atoms with E-state index in [2.05, 4.69) is 5.32 Å². The lowest BCUT2D eigenvalue weighted by Gasteiger charge is -2.17. The number of carbonyl (C=O) groups is 1. The lowest BCUT2D eigenvalue weighted by atomic mass is 10.2. The highest BCUT2D eigenvalue weighted by Gasteiger charge is 2.56. The highest BCUT2D eigenvalue weighted by molar-refractivity contribution is 5.82. The largest absolute Gasteiger partial charge is 0.480 e. The summed E-state index contributed by atoms with van der Waals surface area (Å²) < 4.78 is 0. The summed E-state index contributed by atoms with van der Waals surface area (Å²) in [7, 11) is 0. The van der Waals surface area contributed by atoms with Gasteiger partial charge in [0.25, 0.3) is 0 Å². The summed E-state index contributed by atoms with van der Waals surface area (Å²) in [4.78, 5) is 10.7. The second-order valence-corrected chi connectivity index (χ2v) is 3.67. The van der Waals surface area contributed by atoms with Crippen LogP contribution in [0.15, 0.2) is 0 Å². The first kappa shape index (κ1) is 7.06. The zero-order valence-corrected chi connectivity index (χ0v) is 6.26. The number of carboxylic acids is 1. The Bertz CT molecular complexity index is 206. The van der Waals surface area contributed by atoms with E-state index in [1.165, 1.54) is 0 Å². The van der Waals surface area contributed by atoms with Crippen molar-refractivity contribution >= 4 is 5.97 Å². The molecule has 62 valence electrons. The molecule has 0 radical (unpaired) electrons. The second-order valence-electron chi connectivity index (χ2n) is 3.67. The van der Waals surface area contributed by atoms with E-state index in [0.29, 0.717) is 0 Å². The van der Waals surface area contributed by atoms with Gasteiger partial charge in [0.1, 0.15) is 5.54 Å². The van der Waals surface area contributed by atoms with E-state index >= 15 is 0 Å². The van der Waals surface area contributed by atoms with E-state index in [9.17, 15) is 4.79 Å². The van der Waals surface area contributed by atoms with Crippen molar-refractivity contribution < 1.29 is 9.90 Å². The molecule has 0 atom stereocenters. The summed E-state index contributed by atoms with van der Waals surface area (Å²) >= 11 is 0. The molecule has 0 unspecified atom stereocenters. The summed E-state index contributed by atoms with van der Waals surface area (Å²) in [6, 6.07) is 0. The molecule has 2 aliphatic carbocycles. The van der Waals surface area contributed by atoms with Gasteiger partial charge < -0.3 is 10.8 Å². The minimum atomic E-state index is -0.755. The predicted octanol–water partition coefficient (Wildman–Crippen LogP) is -0.358. The first-order chi connectivity index (χ1) is 5.06. The Morgan fingerprint density at radius 1 is 1.36 bits per heavy atom. The zero-order chi connectivity index (χ0) is 8.11. The van der Waals surface area contributed by atoms with Crippen LogP contribution in [0, 0.1) is 0 Å². The molecule has 2 fully saturated rings. The van der Waals surface area contributed by atoms with E-state index in [0.717, 1.165) is 25.7 Å². The minimum absolute atomic E-state index is 0.352. The van der Waals surface area contributed by atoms with Gasteiger partial charge in [0.15, 0.2) is 0 Å². The van der Waals surface area contributed by atoms with Gasteiger partial charge in [-0.15, -0.1) is 0 Å². The van der Waals surface area contributed by atoms with Crippen LogP contribution in [0.2, 0.25) is 0 Å². The molecule has 0 saturated heterocycles. The predicted molar refractivity (Wildman–Crippen MR) is 38.9 cm³/mol. The molecular weight excluding hydrogens is 144 g/mol. The number of hydrogen-bond acceptors (Lipinski definition) is 3. The third kappa shape index (κ3) is 1.12. The van der Waals surface area contributed by atoms with Gasteiger partial charge in [-0.25, -0.2) is 0 Å². The summed E-state index contributed by atoms with van der Waals surface area (Å²) in [5.41, 5.74) is 4.72. The Morgan fingerprint density at radius 2 is 1.91 bits per heavy atom. The van der Waals surface area contributed by atoms with Crippen molar-refractivity contribution in [1.29, 1.82) is 0 Å². The quantitative estimate of drug-likeness (QED) is 0.488. The number of nitrogens with one attached hydrogen (secondary N) is 1. The molecule has 11 heavy (non-hydrogen) atoms. The first-order valence-electron chi connectivity index (χ1n) is 3.88. The van der Waals surface area contributed by atoms with Crippen LogP contribution in [0.3, 0.4) is 0 Å². The maximum Gasteiger partial charge on any atom is 0.323 e. The van der Waals surface area contributed by atoms with Crippen LogP contribution >= 0.6 is 0 Å². The van der Waals surface area contributed by atoms with Crippen molar-refractivity contribution in [2.75, 3.05) is 0 Å². The summed E-state index contributed by atoms with van der Waals surface area (Å²) in [5, 5.41) is 11.8. The summed E-state index contributed by atoms with van der Waals surface area (Å²) in [6.07, 6.45) is 3.26. The van der Waals surface area contributed by atoms with Crippen LogP contribution in [0.25, 0.3) is 0 Å². The smallest absolute Gasteiger partial charge is 0.323 e. The fourth-order valence-electron chi connectivity index (χ4n) is 1.25. The molecule has 0 heterocycles. The topological polar surface area (TPSA) is 75.3 Å². The normalized spacial score (nSPS) is 29.5. The Hall–Kier alpha value is -0.610. The number of carboxylic acid groups (broad SMARTS) is 1. The van der Waals surface area contributed by atoms with Crippen LogP contribution in [0.5, 0.6) is 0 Å². The SMILES string of the molecule is NC1(NC2(C(=O)O)CC2)CC1. The molecule has 2 saturated carbocycles. The molecule has 4 N–H and O–H groups in total. The van der Waals surface area contributed by atoms with Crippen molar-refractivity contribution in [3.63, 3.8) is 0 Å². The molecule has 2 rings (SSSR count). The second kappa shape index (κ2) is 1.76. The minimum Gasteiger partial charge on any atom is -0.480 e. The van der Waals surface area contributed by atoms with E-state index in [1.807, 2.05) is 0 Å². The fourth-order valence-corrected chi connectivity index (χ4v) is 1.25. The third-order valence-electron chi connectivity index (χ3n) is 2.44. The molecule has 0 aromatic carbocycles. The highest BCUT2D eigenvalue weighted by atomic mass is 16.4. The van der Waals surface area contributed by atoms with Crippen molar-refractivity contribution in [1.82, 2.24) is 5.32 Å². The van der Waals surface area contributed by atoms with E-state index < -0.39 is 11.5 Å². The monoisotopic (exact) mass is 156 g/mol. The average Bonchev–Trinajstić information content (AvgIpc) is 2.74. The van der Waals surface area contributed by atoms with Gasteiger partial charge in [-0.2, -0.15) is 0 Å². The summed E-state index contributed by atoms with van der Waals surface area (Å²) in [6.45, 7) is 0. The van der Waals surface area contributed by atoms with Gasteiger partial charge in [-0.1, -0.05) is 0 Å². The Labute approximate surface area is 64.8 Å². The lowest BCUT2D eigenvalue weighted by molar-refractivity contribution is -0.141. The van der Waals surface area contributed by atoms with E-state index in [-0.39, 0.29) is 5.66 Å². The van der Waals surface area contributed by atoms with E-state index in [4.69, 9.17) is 10.8 Å².